The fourth-order valence-corrected chi connectivity index (χ4v) is 4.33. The van der Waals surface area contributed by atoms with Crippen LogP contribution in [0.2, 0.25) is 0 Å². The van der Waals surface area contributed by atoms with Crippen molar-refractivity contribution in [3.63, 3.8) is 0 Å². The maximum absolute atomic E-state index is 12.8. The molecule has 5 nitrogen and oxygen atoms in total. The molecular formula is C21H14BrN3O2. The number of rotatable bonds is 2. The minimum Gasteiger partial charge on any atom is -0.360 e. The lowest BCUT2D eigenvalue weighted by Gasteiger charge is -2.08. The minimum absolute atomic E-state index is 0.368. The molecule has 0 fully saturated rings. The summed E-state index contributed by atoms with van der Waals surface area (Å²) in [6.45, 7) is 0. The third-order valence-electron chi connectivity index (χ3n) is 5.03. The monoisotopic (exact) mass is 419 g/mol. The molecule has 0 saturated carbocycles. The molecular weight excluding hydrogens is 406 g/mol. The van der Waals surface area contributed by atoms with Crippen LogP contribution >= 0.6 is 15.9 Å². The number of aromatic amines is 1. The van der Waals surface area contributed by atoms with Crippen molar-refractivity contribution in [2.75, 3.05) is 0 Å². The van der Waals surface area contributed by atoms with Crippen molar-refractivity contribution in [2.45, 2.75) is 0 Å². The number of halogens is 1. The predicted octanol–water partition coefficient (Wildman–Crippen LogP) is 3.99. The molecule has 132 valence electrons. The first-order chi connectivity index (χ1) is 13.1. The first kappa shape index (κ1) is 16.1. The summed E-state index contributed by atoms with van der Waals surface area (Å²) in [4.78, 5) is 28.7. The first-order valence-corrected chi connectivity index (χ1v) is 9.26. The van der Waals surface area contributed by atoms with Crippen LogP contribution in [0.4, 0.5) is 0 Å². The van der Waals surface area contributed by atoms with Crippen molar-refractivity contribution < 1.29 is 9.59 Å². The van der Waals surface area contributed by atoms with E-state index in [1.165, 1.54) is 0 Å². The summed E-state index contributed by atoms with van der Waals surface area (Å²) in [5, 5.41) is 4.39. The van der Waals surface area contributed by atoms with Gasteiger partial charge in [-0.25, -0.2) is 0 Å². The molecule has 0 atom stereocenters. The van der Waals surface area contributed by atoms with Crippen LogP contribution in [-0.2, 0) is 16.6 Å². The summed E-state index contributed by atoms with van der Waals surface area (Å²) in [7, 11) is 1.93. The number of hydrogen-bond acceptors (Lipinski definition) is 2. The number of benzene rings is 2. The maximum Gasteiger partial charge on any atom is 0.259 e. The Bertz CT molecular complexity index is 1310. The molecule has 0 aliphatic carbocycles. The highest BCUT2D eigenvalue weighted by Crippen LogP contribution is 2.38. The van der Waals surface area contributed by atoms with Gasteiger partial charge < -0.3 is 9.55 Å². The second-order valence-electron chi connectivity index (χ2n) is 6.57. The molecule has 0 saturated heterocycles. The third-order valence-corrected chi connectivity index (χ3v) is 5.69. The number of carbonyl (C=O) groups excluding carboxylic acids is 2. The highest BCUT2D eigenvalue weighted by Gasteiger charge is 2.34. The molecule has 2 aromatic carbocycles. The van der Waals surface area contributed by atoms with E-state index in [2.05, 4.69) is 26.2 Å². The number of H-pyrrole nitrogens is 1. The number of aromatic nitrogens is 2. The summed E-state index contributed by atoms with van der Waals surface area (Å²) < 4.78 is 2.87. The third kappa shape index (κ3) is 2.23. The van der Waals surface area contributed by atoms with Gasteiger partial charge >= 0.3 is 0 Å². The SMILES string of the molecule is Cn1ccc2cccc(C3=C(c4c[nH]c5c(Br)cccc45)C(=O)NC3=O)c21. The zero-order valence-electron chi connectivity index (χ0n) is 14.3. The molecule has 2 N–H and O–H groups in total. The zero-order chi connectivity index (χ0) is 18.7. The first-order valence-electron chi connectivity index (χ1n) is 8.46. The molecule has 1 aliphatic rings. The lowest BCUT2D eigenvalue weighted by Crippen LogP contribution is -2.22. The number of nitrogens with zero attached hydrogens (tertiary/aromatic N) is 1. The fraction of sp³-hybridized carbons (Fsp3) is 0.0476. The van der Waals surface area contributed by atoms with E-state index in [-0.39, 0.29) is 11.8 Å². The average molecular weight is 420 g/mol. The van der Waals surface area contributed by atoms with Gasteiger partial charge in [0.15, 0.2) is 0 Å². The van der Waals surface area contributed by atoms with E-state index in [0.29, 0.717) is 11.1 Å². The van der Waals surface area contributed by atoms with Crippen molar-refractivity contribution in [3.8, 4) is 0 Å². The molecule has 3 heterocycles. The van der Waals surface area contributed by atoms with Crippen LogP contribution < -0.4 is 5.32 Å². The lowest BCUT2D eigenvalue weighted by molar-refractivity contribution is -0.122. The Morgan fingerprint density at radius 3 is 2.48 bits per heavy atom. The van der Waals surface area contributed by atoms with E-state index in [1.807, 2.05) is 60.3 Å². The van der Waals surface area contributed by atoms with Gasteiger partial charge in [-0.15, -0.1) is 0 Å². The number of carbonyl (C=O) groups is 2. The molecule has 0 radical (unpaired) electrons. The van der Waals surface area contributed by atoms with Gasteiger partial charge in [0.05, 0.1) is 22.2 Å². The molecule has 0 spiro atoms. The zero-order valence-corrected chi connectivity index (χ0v) is 15.9. The number of nitrogens with one attached hydrogen (secondary N) is 2. The number of imide groups is 1. The van der Waals surface area contributed by atoms with Gasteiger partial charge in [0.2, 0.25) is 0 Å². The molecule has 2 aromatic heterocycles. The van der Waals surface area contributed by atoms with E-state index < -0.39 is 0 Å². The van der Waals surface area contributed by atoms with Gasteiger partial charge in [-0.05, 0) is 28.1 Å². The molecule has 27 heavy (non-hydrogen) atoms. The Hall–Kier alpha value is -3.12. The normalized spacial score (nSPS) is 14.6. The summed E-state index contributed by atoms with van der Waals surface area (Å²) in [5.74, 6) is -0.741. The van der Waals surface area contributed by atoms with Gasteiger partial charge in [-0.3, -0.25) is 14.9 Å². The van der Waals surface area contributed by atoms with Crippen LogP contribution in [0.25, 0.3) is 33.0 Å². The van der Waals surface area contributed by atoms with Gasteiger partial charge in [0.25, 0.3) is 11.8 Å². The standard InChI is InChI=1S/C21H14BrN3O2/c1-25-9-8-11-4-2-6-13(19(11)25)16-17(21(27)24-20(16)26)14-10-23-18-12(14)5-3-7-15(18)22/h2-10,23H,1H3,(H,24,26,27). The van der Waals surface area contributed by atoms with Crippen LogP contribution in [0.1, 0.15) is 11.1 Å². The second-order valence-corrected chi connectivity index (χ2v) is 7.42. The summed E-state index contributed by atoms with van der Waals surface area (Å²) >= 11 is 3.52. The number of hydrogen-bond donors (Lipinski definition) is 2. The summed E-state index contributed by atoms with van der Waals surface area (Å²) in [6, 6.07) is 13.6. The lowest BCUT2D eigenvalue weighted by atomic mass is 9.94. The van der Waals surface area contributed by atoms with E-state index in [9.17, 15) is 9.59 Å². The molecule has 4 aromatic rings. The van der Waals surface area contributed by atoms with E-state index in [0.717, 1.165) is 37.4 Å². The van der Waals surface area contributed by atoms with E-state index >= 15 is 0 Å². The Morgan fingerprint density at radius 2 is 1.67 bits per heavy atom. The van der Waals surface area contributed by atoms with Gasteiger partial charge in [0.1, 0.15) is 0 Å². The van der Waals surface area contributed by atoms with Crippen molar-refractivity contribution in [1.82, 2.24) is 14.9 Å². The number of aryl methyl sites for hydroxylation is 1. The highest BCUT2D eigenvalue weighted by atomic mass is 79.9. The van der Waals surface area contributed by atoms with Crippen LogP contribution in [-0.4, -0.2) is 21.4 Å². The van der Waals surface area contributed by atoms with Crippen LogP contribution in [0, 0.1) is 0 Å². The maximum atomic E-state index is 12.8. The van der Waals surface area contributed by atoms with Crippen LogP contribution in [0.3, 0.4) is 0 Å². The van der Waals surface area contributed by atoms with Crippen molar-refractivity contribution in [1.29, 1.82) is 0 Å². The molecule has 1 aliphatic heterocycles. The quantitative estimate of drug-likeness (QED) is 0.482. The molecule has 6 heteroatoms. The molecule has 5 rings (SSSR count). The Labute approximate surface area is 162 Å². The van der Waals surface area contributed by atoms with E-state index in [4.69, 9.17) is 0 Å². The second kappa shape index (κ2) is 5.69. The van der Waals surface area contributed by atoms with E-state index in [1.54, 1.807) is 6.20 Å². The summed E-state index contributed by atoms with van der Waals surface area (Å²) in [5.41, 5.74) is 4.10. The fourth-order valence-electron chi connectivity index (χ4n) is 3.85. The van der Waals surface area contributed by atoms with Gasteiger partial charge in [0, 0.05) is 45.8 Å². The minimum atomic E-state index is -0.373. The van der Waals surface area contributed by atoms with Crippen molar-refractivity contribution in [3.05, 3.63) is 70.5 Å². The topological polar surface area (TPSA) is 66.9 Å². The van der Waals surface area contributed by atoms with Gasteiger partial charge in [-0.1, -0.05) is 30.3 Å². The summed E-state index contributed by atoms with van der Waals surface area (Å²) in [6.07, 6.45) is 3.74. The van der Waals surface area contributed by atoms with Gasteiger partial charge in [-0.2, -0.15) is 0 Å². The molecule has 0 unspecified atom stereocenters. The molecule has 2 amide bonds. The molecule has 0 bridgehead atoms. The van der Waals surface area contributed by atoms with Crippen LogP contribution in [0.15, 0.2) is 59.3 Å². The number of fused-ring (bicyclic) bond motifs is 2. The van der Waals surface area contributed by atoms with Crippen molar-refractivity contribution >= 4 is 60.7 Å². The highest BCUT2D eigenvalue weighted by molar-refractivity contribution is 9.10. The Morgan fingerprint density at radius 1 is 0.926 bits per heavy atom. The smallest absolute Gasteiger partial charge is 0.259 e. The largest absolute Gasteiger partial charge is 0.360 e. The van der Waals surface area contributed by atoms with Crippen LogP contribution in [0.5, 0.6) is 0 Å². The number of para-hydroxylation sites is 2. The Balaban J connectivity index is 1.88. The van der Waals surface area contributed by atoms with Crippen molar-refractivity contribution in [2.24, 2.45) is 7.05 Å². The predicted molar refractivity (Wildman–Crippen MR) is 109 cm³/mol. The average Bonchev–Trinajstić information content (AvgIpc) is 3.31. The number of amides is 2. The Kier molecular flexibility index (Phi) is 3.39.